The van der Waals surface area contributed by atoms with Gasteiger partial charge in [-0.2, -0.15) is 0 Å². The van der Waals surface area contributed by atoms with Gasteiger partial charge in [0.05, 0.1) is 0 Å². The Morgan fingerprint density at radius 2 is 1.76 bits per heavy atom. The maximum Gasteiger partial charge on any atom is 0.223 e. The number of hydrogen-bond acceptors (Lipinski definition) is 2. The summed E-state index contributed by atoms with van der Waals surface area (Å²) >= 11 is 0. The van der Waals surface area contributed by atoms with Crippen molar-refractivity contribution in [2.45, 2.75) is 19.3 Å². The first-order valence-electron chi connectivity index (χ1n) is 10.0. The van der Waals surface area contributed by atoms with Gasteiger partial charge in [-0.1, -0.05) is 61.5 Å². The van der Waals surface area contributed by atoms with Crippen molar-refractivity contribution in [3.63, 3.8) is 0 Å². The normalized spacial score (nSPS) is 13.1. The first-order chi connectivity index (χ1) is 14.2. The third kappa shape index (κ3) is 4.37. The molecule has 0 radical (unpaired) electrons. The number of nitrogens with one attached hydrogen (secondary N) is 2. The Morgan fingerprint density at radius 1 is 1.00 bits per heavy atom. The molecule has 0 aliphatic carbocycles. The highest BCUT2D eigenvalue weighted by atomic mass is 16.1. The van der Waals surface area contributed by atoms with Crippen LogP contribution in [0.4, 0.5) is 0 Å². The van der Waals surface area contributed by atoms with Gasteiger partial charge in [-0.05, 0) is 35.7 Å². The summed E-state index contributed by atoms with van der Waals surface area (Å²) in [6.45, 7) is 2.51. The van der Waals surface area contributed by atoms with Crippen molar-refractivity contribution >= 4 is 16.8 Å². The van der Waals surface area contributed by atoms with Crippen LogP contribution in [0.1, 0.15) is 29.7 Å². The zero-order valence-corrected chi connectivity index (χ0v) is 16.5. The number of amides is 1. The molecule has 4 heteroatoms. The Labute approximate surface area is 171 Å². The molecule has 0 aliphatic heterocycles. The van der Waals surface area contributed by atoms with Crippen LogP contribution in [0.15, 0.2) is 85.2 Å². The average molecular weight is 383 g/mol. The van der Waals surface area contributed by atoms with Gasteiger partial charge in [0.2, 0.25) is 5.91 Å². The smallest absolute Gasteiger partial charge is 0.223 e. The molecule has 2 N–H and O–H groups in total. The van der Waals surface area contributed by atoms with Crippen LogP contribution >= 0.6 is 0 Å². The molecular formula is C25H25N3O. The van der Waals surface area contributed by atoms with E-state index >= 15 is 0 Å². The first kappa shape index (κ1) is 18.9. The molecule has 29 heavy (non-hydrogen) atoms. The average Bonchev–Trinajstić information content (AvgIpc) is 3.18. The molecule has 0 saturated heterocycles. The molecule has 146 valence electrons. The van der Waals surface area contributed by atoms with E-state index in [1.807, 2.05) is 61.7 Å². The van der Waals surface area contributed by atoms with Crippen LogP contribution in [0.2, 0.25) is 0 Å². The number of hydrogen-bond donors (Lipinski definition) is 2. The second kappa shape index (κ2) is 8.74. The van der Waals surface area contributed by atoms with E-state index in [-0.39, 0.29) is 17.7 Å². The minimum Gasteiger partial charge on any atom is -0.361 e. The number of para-hydroxylation sites is 1. The van der Waals surface area contributed by atoms with E-state index in [9.17, 15) is 4.79 Å². The molecule has 4 rings (SSSR count). The Bertz CT molecular complexity index is 1030. The highest BCUT2D eigenvalue weighted by Crippen LogP contribution is 2.23. The van der Waals surface area contributed by atoms with Crippen molar-refractivity contribution in [2.75, 3.05) is 6.54 Å². The van der Waals surface area contributed by atoms with Crippen LogP contribution in [0.25, 0.3) is 10.9 Å². The van der Waals surface area contributed by atoms with Crippen molar-refractivity contribution in [2.24, 2.45) is 5.92 Å². The zero-order chi connectivity index (χ0) is 20.1. The monoisotopic (exact) mass is 383 g/mol. The number of carbonyl (C=O) groups excluding carboxylic acids is 1. The van der Waals surface area contributed by atoms with Gasteiger partial charge >= 0.3 is 0 Å². The summed E-state index contributed by atoms with van der Waals surface area (Å²) in [5.74, 6) is -0.0249. The molecule has 0 fully saturated rings. The lowest BCUT2D eigenvalue weighted by molar-refractivity contribution is -0.124. The second-order valence-electron chi connectivity index (χ2n) is 7.43. The number of benzene rings is 2. The van der Waals surface area contributed by atoms with E-state index in [1.165, 1.54) is 10.9 Å². The molecule has 0 bridgehead atoms. The van der Waals surface area contributed by atoms with E-state index < -0.39 is 0 Å². The Kier molecular flexibility index (Phi) is 5.71. The topological polar surface area (TPSA) is 57.8 Å². The third-order valence-corrected chi connectivity index (χ3v) is 5.38. The standard InChI is InChI=1S/C25H25N3O/c1-18(15-20-16-27-23-12-6-5-11-21(20)23)25(29)28-17-22(19-9-3-2-4-10-19)24-13-7-8-14-26-24/h2-14,16,18,22,27H,15,17H2,1H3,(H,28,29). The number of carbonyl (C=O) groups is 1. The molecule has 1 amide bonds. The van der Waals surface area contributed by atoms with Gasteiger partial charge in [0.1, 0.15) is 0 Å². The maximum absolute atomic E-state index is 12.8. The second-order valence-corrected chi connectivity index (χ2v) is 7.43. The molecule has 2 unspecified atom stereocenters. The van der Waals surface area contributed by atoms with Gasteiger partial charge in [-0.15, -0.1) is 0 Å². The van der Waals surface area contributed by atoms with Crippen molar-refractivity contribution in [3.05, 3.63) is 102 Å². The highest BCUT2D eigenvalue weighted by Gasteiger charge is 2.20. The van der Waals surface area contributed by atoms with Gasteiger partial charge in [0, 0.05) is 47.4 Å². The summed E-state index contributed by atoms with van der Waals surface area (Å²) in [7, 11) is 0. The van der Waals surface area contributed by atoms with Crippen LogP contribution < -0.4 is 5.32 Å². The van der Waals surface area contributed by atoms with E-state index in [1.54, 1.807) is 6.20 Å². The summed E-state index contributed by atoms with van der Waals surface area (Å²) in [6.07, 6.45) is 4.51. The number of H-pyrrole nitrogens is 1. The van der Waals surface area contributed by atoms with Gasteiger partial charge in [0.15, 0.2) is 0 Å². The Hall–Kier alpha value is -3.40. The number of aromatic nitrogens is 2. The fraction of sp³-hybridized carbons (Fsp3) is 0.200. The Morgan fingerprint density at radius 3 is 2.55 bits per heavy atom. The molecule has 0 spiro atoms. The molecule has 4 nitrogen and oxygen atoms in total. The summed E-state index contributed by atoms with van der Waals surface area (Å²) in [5, 5.41) is 4.33. The predicted octanol–water partition coefficient (Wildman–Crippen LogP) is 4.69. The van der Waals surface area contributed by atoms with Crippen LogP contribution in [0, 0.1) is 5.92 Å². The Balaban J connectivity index is 1.45. The van der Waals surface area contributed by atoms with Gasteiger partial charge in [-0.25, -0.2) is 0 Å². The highest BCUT2D eigenvalue weighted by molar-refractivity contribution is 5.84. The van der Waals surface area contributed by atoms with Crippen molar-refractivity contribution in [1.82, 2.24) is 15.3 Å². The van der Waals surface area contributed by atoms with Crippen LogP contribution in [-0.4, -0.2) is 22.4 Å². The molecular weight excluding hydrogens is 358 g/mol. The third-order valence-electron chi connectivity index (χ3n) is 5.38. The molecule has 2 aromatic carbocycles. The number of nitrogens with zero attached hydrogens (tertiary/aromatic N) is 1. The fourth-order valence-corrected chi connectivity index (χ4v) is 3.76. The first-order valence-corrected chi connectivity index (χ1v) is 10.0. The van der Waals surface area contributed by atoms with Crippen molar-refractivity contribution in [3.8, 4) is 0 Å². The van der Waals surface area contributed by atoms with E-state index in [0.717, 1.165) is 16.8 Å². The number of aromatic amines is 1. The predicted molar refractivity (Wildman–Crippen MR) is 117 cm³/mol. The molecule has 0 saturated carbocycles. The molecule has 2 heterocycles. The number of pyridine rings is 1. The fourth-order valence-electron chi connectivity index (χ4n) is 3.76. The molecule has 2 aromatic heterocycles. The minimum atomic E-state index is -0.116. The molecule has 2 atom stereocenters. The van der Waals surface area contributed by atoms with Crippen molar-refractivity contribution < 1.29 is 4.79 Å². The maximum atomic E-state index is 12.8. The van der Waals surface area contributed by atoms with Crippen LogP contribution in [0.3, 0.4) is 0 Å². The zero-order valence-electron chi connectivity index (χ0n) is 16.5. The minimum absolute atomic E-state index is 0.0293. The van der Waals surface area contributed by atoms with E-state index in [2.05, 4.69) is 39.6 Å². The molecule has 0 aliphatic rings. The number of rotatable bonds is 7. The van der Waals surface area contributed by atoms with Gasteiger partial charge in [0.25, 0.3) is 0 Å². The van der Waals surface area contributed by atoms with E-state index in [4.69, 9.17) is 0 Å². The largest absolute Gasteiger partial charge is 0.361 e. The van der Waals surface area contributed by atoms with E-state index in [0.29, 0.717) is 13.0 Å². The summed E-state index contributed by atoms with van der Waals surface area (Å²) in [6, 6.07) is 24.3. The lowest BCUT2D eigenvalue weighted by Crippen LogP contribution is -2.34. The quantitative estimate of drug-likeness (QED) is 0.486. The molecule has 4 aromatic rings. The SMILES string of the molecule is CC(Cc1c[nH]c2ccccc12)C(=O)NCC(c1ccccc1)c1ccccn1. The summed E-state index contributed by atoms with van der Waals surface area (Å²) < 4.78 is 0. The number of fused-ring (bicyclic) bond motifs is 1. The van der Waals surface area contributed by atoms with Gasteiger partial charge in [-0.3, -0.25) is 9.78 Å². The van der Waals surface area contributed by atoms with Crippen molar-refractivity contribution in [1.29, 1.82) is 0 Å². The summed E-state index contributed by atoms with van der Waals surface area (Å²) in [4.78, 5) is 20.6. The van der Waals surface area contributed by atoms with Crippen LogP contribution in [-0.2, 0) is 11.2 Å². The lowest BCUT2D eigenvalue weighted by Gasteiger charge is -2.19. The van der Waals surface area contributed by atoms with Crippen LogP contribution in [0.5, 0.6) is 0 Å². The summed E-state index contributed by atoms with van der Waals surface area (Å²) in [5.41, 5.74) is 4.39. The van der Waals surface area contributed by atoms with Gasteiger partial charge < -0.3 is 10.3 Å². The lowest BCUT2D eigenvalue weighted by atomic mass is 9.94.